The zero-order chi connectivity index (χ0) is 17.1. The highest BCUT2D eigenvalue weighted by molar-refractivity contribution is 5.97. The summed E-state index contributed by atoms with van der Waals surface area (Å²) in [6.07, 6.45) is 5.57. The molecule has 0 unspecified atom stereocenters. The molecule has 3 rings (SSSR count). The summed E-state index contributed by atoms with van der Waals surface area (Å²) >= 11 is 0. The maximum absolute atomic E-state index is 12.6. The zero-order valence-electron chi connectivity index (χ0n) is 14.3. The van der Waals surface area contributed by atoms with Crippen LogP contribution in [0.1, 0.15) is 48.0 Å². The van der Waals surface area contributed by atoms with Crippen molar-refractivity contribution >= 4 is 11.8 Å². The highest BCUT2D eigenvalue weighted by Gasteiger charge is 2.30. The van der Waals surface area contributed by atoms with Crippen molar-refractivity contribution in [3.63, 3.8) is 0 Å². The molecule has 1 aromatic rings. The predicted octanol–water partition coefficient (Wildman–Crippen LogP) is 2.57. The summed E-state index contributed by atoms with van der Waals surface area (Å²) in [5, 5.41) is 9.99. The summed E-state index contributed by atoms with van der Waals surface area (Å²) in [4.78, 5) is 28.8. The molecular weight excluding hydrogens is 304 g/mol. The second-order valence-corrected chi connectivity index (χ2v) is 6.97. The van der Waals surface area contributed by atoms with Gasteiger partial charge in [-0.15, -0.1) is 0 Å². The van der Waals surface area contributed by atoms with Crippen LogP contribution in [0.3, 0.4) is 0 Å². The van der Waals surface area contributed by atoms with Crippen molar-refractivity contribution in [2.45, 2.75) is 39.0 Å². The number of rotatable bonds is 2. The number of carbonyl (C=O) groups excluding carboxylic acids is 2. The van der Waals surface area contributed by atoms with Gasteiger partial charge in [-0.25, -0.2) is 0 Å². The Bertz CT molecular complexity index is 615. The minimum atomic E-state index is -0.155. The van der Waals surface area contributed by atoms with Crippen LogP contribution in [0.5, 0.6) is 5.75 Å². The van der Waals surface area contributed by atoms with E-state index in [2.05, 4.69) is 0 Å². The van der Waals surface area contributed by atoms with Crippen molar-refractivity contribution in [3.8, 4) is 5.75 Å². The van der Waals surface area contributed by atoms with E-state index in [0.717, 1.165) is 31.2 Å². The molecule has 0 bridgehead atoms. The number of benzene rings is 1. The number of aromatic hydroxyl groups is 1. The summed E-state index contributed by atoms with van der Waals surface area (Å²) in [5.74, 6) is 0.320. The SMILES string of the molecule is Cc1ccc(C(=O)N2CCN(C(=O)C3CCCCC3)CC2)c(O)c1. The van der Waals surface area contributed by atoms with E-state index in [9.17, 15) is 14.7 Å². The van der Waals surface area contributed by atoms with Crippen molar-refractivity contribution in [1.29, 1.82) is 0 Å². The fourth-order valence-corrected chi connectivity index (χ4v) is 3.73. The van der Waals surface area contributed by atoms with E-state index < -0.39 is 0 Å². The maximum Gasteiger partial charge on any atom is 0.257 e. The Morgan fingerprint density at radius 1 is 1.00 bits per heavy atom. The molecule has 5 heteroatoms. The Hall–Kier alpha value is -2.04. The van der Waals surface area contributed by atoms with Crippen LogP contribution in [0.25, 0.3) is 0 Å². The second-order valence-electron chi connectivity index (χ2n) is 6.97. The van der Waals surface area contributed by atoms with Crippen LogP contribution in [-0.4, -0.2) is 52.9 Å². The van der Waals surface area contributed by atoms with E-state index in [0.29, 0.717) is 31.7 Å². The van der Waals surface area contributed by atoms with Crippen LogP contribution in [0.4, 0.5) is 0 Å². The molecule has 2 fully saturated rings. The van der Waals surface area contributed by atoms with Crippen LogP contribution in [-0.2, 0) is 4.79 Å². The van der Waals surface area contributed by atoms with Crippen LogP contribution < -0.4 is 0 Å². The van der Waals surface area contributed by atoms with Gasteiger partial charge in [0.1, 0.15) is 5.75 Å². The van der Waals surface area contributed by atoms with E-state index in [4.69, 9.17) is 0 Å². The van der Waals surface area contributed by atoms with Crippen molar-refractivity contribution in [3.05, 3.63) is 29.3 Å². The Labute approximate surface area is 143 Å². The lowest BCUT2D eigenvalue weighted by Crippen LogP contribution is -2.52. The molecule has 1 aromatic carbocycles. The first kappa shape index (κ1) is 16.8. The maximum atomic E-state index is 12.6. The highest BCUT2D eigenvalue weighted by Crippen LogP contribution is 2.26. The molecule has 0 spiro atoms. The molecule has 2 amide bonds. The van der Waals surface area contributed by atoms with Crippen molar-refractivity contribution < 1.29 is 14.7 Å². The van der Waals surface area contributed by atoms with Gasteiger partial charge in [0.2, 0.25) is 5.91 Å². The van der Waals surface area contributed by atoms with E-state index in [-0.39, 0.29) is 23.5 Å². The van der Waals surface area contributed by atoms with E-state index >= 15 is 0 Å². The quantitative estimate of drug-likeness (QED) is 0.906. The molecule has 1 aliphatic carbocycles. The third-order valence-electron chi connectivity index (χ3n) is 5.22. The Balaban J connectivity index is 1.58. The number of hydrogen-bond acceptors (Lipinski definition) is 3. The monoisotopic (exact) mass is 330 g/mol. The molecule has 5 nitrogen and oxygen atoms in total. The van der Waals surface area contributed by atoms with Crippen molar-refractivity contribution in [2.75, 3.05) is 26.2 Å². The average molecular weight is 330 g/mol. The number of nitrogens with zero attached hydrogens (tertiary/aromatic N) is 2. The number of aryl methyl sites for hydroxylation is 1. The van der Waals surface area contributed by atoms with Crippen molar-refractivity contribution in [2.24, 2.45) is 5.92 Å². The predicted molar refractivity (Wildman–Crippen MR) is 91.9 cm³/mol. The third-order valence-corrected chi connectivity index (χ3v) is 5.22. The molecule has 24 heavy (non-hydrogen) atoms. The summed E-state index contributed by atoms with van der Waals surface area (Å²) < 4.78 is 0. The van der Waals surface area contributed by atoms with E-state index in [1.807, 2.05) is 17.9 Å². The van der Waals surface area contributed by atoms with Gasteiger partial charge in [-0.05, 0) is 37.5 Å². The first-order valence-corrected chi connectivity index (χ1v) is 8.94. The van der Waals surface area contributed by atoms with Crippen LogP contribution in [0.15, 0.2) is 18.2 Å². The smallest absolute Gasteiger partial charge is 0.257 e. The number of piperazine rings is 1. The van der Waals surface area contributed by atoms with Gasteiger partial charge >= 0.3 is 0 Å². The largest absolute Gasteiger partial charge is 0.507 e. The third kappa shape index (κ3) is 3.55. The van der Waals surface area contributed by atoms with Gasteiger partial charge in [0.15, 0.2) is 0 Å². The van der Waals surface area contributed by atoms with Crippen LogP contribution in [0, 0.1) is 12.8 Å². The normalized spacial score (nSPS) is 19.4. The minimum Gasteiger partial charge on any atom is -0.507 e. The van der Waals surface area contributed by atoms with Gasteiger partial charge in [-0.3, -0.25) is 9.59 Å². The van der Waals surface area contributed by atoms with E-state index in [1.54, 1.807) is 17.0 Å². The Morgan fingerprint density at radius 2 is 1.62 bits per heavy atom. The Morgan fingerprint density at radius 3 is 2.25 bits per heavy atom. The number of amides is 2. The molecule has 1 N–H and O–H groups in total. The number of phenols is 1. The van der Waals surface area contributed by atoms with E-state index in [1.165, 1.54) is 6.42 Å². The lowest BCUT2D eigenvalue weighted by atomic mass is 9.88. The number of phenolic OH excluding ortho intramolecular Hbond substituents is 1. The van der Waals surface area contributed by atoms with Crippen LogP contribution in [0.2, 0.25) is 0 Å². The number of carbonyl (C=O) groups is 2. The lowest BCUT2D eigenvalue weighted by Gasteiger charge is -2.37. The second kappa shape index (κ2) is 7.24. The van der Waals surface area contributed by atoms with Gasteiger partial charge in [-0.1, -0.05) is 25.3 Å². The van der Waals surface area contributed by atoms with Crippen LogP contribution >= 0.6 is 0 Å². The molecule has 130 valence electrons. The molecule has 1 saturated heterocycles. The lowest BCUT2D eigenvalue weighted by molar-refractivity contribution is -0.138. The Kier molecular flexibility index (Phi) is 5.07. The fourth-order valence-electron chi connectivity index (χ4n) is 3.73. The highest BCUT2D eigenvalue weighted by atomic mass is 16.3. The molecule has 1 heterocycles. The molecule has 1 aliphatic heterocycles. The summed E-state index contributed by atoms with van der Waals surface area (Å²) in [6, 6.07) is 5.11. The van der Waals surface area contributed by atoms with Gasteiger partial charge in [0.05, 0.1) is 5.56 Å². The van der Waals surface area contributed by atoms with Gasteiger partial charge in [0.25, 0.3) is 5.91 Å². The number of hydrogen-bond donors (Lipinski definition) is 1. The molecule has 0 radical (unpaired) electrons. The summed E-state index contributed by atoms with van der Waals surface area (Å²) in [5.41, 5.74) is 1.26. The molecule has 1 saturated carbocycles. The van der Waals surface area contributed by atoms with Gasteiger partial charge < -0.3 is 14.9 Å². The molecule has 0 aromatic heterocycles. The minimum absolute atomic E-state index is 0.0284. The van der Waals surface area contributed by atoms with Gasteiger partial charge in [-0.2, -0.15) is 0 Å². The first-order valence-electron chi connectivity index (χ1n) is 8.94. The summed E-state index contributed by atoms with van der Waals surface area (Å²) in [7, 11) is 0. The average Bonchev–Trinajstić information content (AvgIpc) is 2.61. The first-order chi connectivity index (χ1) is 11.6. The standard InChI is InChI=1S/C19H26N2O3/c1-14-7-8-16(17(22)13-14)19(24)21-11-9-20(10-12-21)18(23)15-5-3-2-4-6-15/h7-8,13,15,22H,2-6,9-12H2,1H3. The molecule has 2 aliphatic rings. The van der Waals surface area contributed by atoms with Crippen molar-refractivity contribution in [1.82, 2.24) is 9.80 Å². The topological polar surface area (TPSA) is 60.9 Å². The van der Waals surface area contributed by atoms with Gasteiger partial charge in [0, 0.05) is 32.1 Å². The fraction of sp³-hybridized carbons (Fsp3) is 0.579. The summed E-state index contributed by atoms with van der Waals surface area (Å²) in [6.45, 7) is 4.13. The zero-order valence-corrected chi connectivity index (χ0v) is 14.3. The molecule has 0 atom stereocenters. The molecular formula is C19H26N2O3.